The van der Waals surface area contributed by atoms with E-state index in [0.717, 1.165) is 40.5 Å². The molecule has 0 unspecified atom stereocenters. The number of hydrogen-bond acceptors (Lipinski definition) is 5. The Labute approximate surface area is 135 Å². The zero-order valence-electron chi connectivity index (χ0n) is 12.8. The van der Waals surface area contributed by atoms with E-state index < -0.39 is 0 Å². The average molecular weight is 313 g/mol. The number of nitrogens with one attached hydrogen (secondary N) is 1. The van der Waals surface area contributed by atoms with E-state index in [9.17, 15) is 0 Å². The van der Waals surface area contributed by atoms with Crippen LogP contribution >= 0.6 is 0 Å². The normalized spacial score (nSPS) is 15.3. The van der Waals surface area contributed by atoms with Crippen LogP contribution in [0.2, 0.25) is 0 Å². The fourth-order valence-corrected chi connectivity index (χ4v) is 2.85. The maximum Gasteiger partial charge on any atom is 0.231 e. The van der Waals surface area contributed by atoms with Gasteiger partial charge in [0.2, 0.25) is 6.79 Å². The molecule has 2 aliphatic rings. The van der Waals surface area contributed by atoms with Crippen LogP contribution in [0.5, 0.6) is 23.0 Å². The van der Waals surface area contributed by atoms with Crippen molar-refractivity contribution in [3.8, 4) is 23.0 Å². The SMILES string of the molecule is c1cc(CNCc2cccc3c2OCO3)c2c(c1)OCCCO2. The van der Waals surface area contributed by atoms with Crippen molar-refractivity contribution in [2.75, 3.05) is 20.0 Å². The van der Waals surface area contributed by atoms with Crippen molar-refractivity contribution >= 4 is 0 Å². The van der Waals surface area contributed by atoms with E-state index in [2.05, 4.69) is 11.4 Å². The molecule has 5 heteroatoms. The summed E-state index contributed by atoms with van der Waals surface area (Å²) in [7, 11) is 0. The molecule has 0 aliphatic carbocycles. The molecule has 0 amide bonds. The number of ether oxygens (including phenoxy) is 4. The lowest BCUT2D eigenvalue weighted by atomic mass is 10.1. The second-order valence-electron chi connectivity index (χ2n) is 5.55. The van der Waals surface area contributed by atoms with Crippen molar-refractivity contribution in [2.24, 2.45) is 0 Å². The molecule has 0 atom stereocenters. The van der Waals surface area contributed by atoms with Crippen molar-refractivity contribution < 1.29 is 18.9 Å². The predicted octanol–water partition coefficient (Wildman–Crippen LogP) is 2.87. The van der Waals surface area contributed by atoms with E-state index in [1.54, 1.807) is 0 Å². The molecule has 2 aromatic carbocycles. The molecule has 0 spiro atoms. The highest BCUT2D eigenvalue weighted by Crippen LogP contribution is 2.36. The molecule has 2 aromatic rings. The van der Waals surface area contributed by atoms with Gasteiger partial charge >= 0.3 is 0 Å². The van der Waals surface area contributed by atoms with E-state index >= 15 is 0 Å². The van der Waals surface area contributed by atoms with E-state index in [-0.39, 0.29) is 0 Å². The van der Waals surface area contributed by atoms with Gasteiger partial charge in [0.15, 0.2) is 23.0 Å². The molecule has 0 aromatic heterocycles. The third-order valence-corrected chi connectivity index (χ3v) is 3.96. The number of para-hydroxylation sites is 2. The maximum absolute atomic E-state index is 5.85. The molecule has 1 N–H and O–H groups in total. The Morgan fingerprint density at radius 3 is 2.17 bits per heavy atom. The monoisotopic (exact) mass is 313 g/mol. The Morgan fingerprint density at radius 1 is 0.739 bits per heavy atom. The average Bonchev–Trinajstić information content (AvgIpc) is 2.93. The molecule has 2 aliphatic heterocycles. The Bertz CT molecular complexity index is 701. The van der Waals surface area contributed by atoms with Crippen LogP contribution in [0.15, 0.2) is 36.4 Å². The van der Waals surface area contributed by atoms with Crippen molar-refractivity contribution in [3.05, 3.63) is 47.5 Å². The summed E-state index contributed by atoms with van der Waals surface area (Å²) in [5.74, 6) is 3.34. The molecule has 0 saturated carbocycles. The van der Waals surface area contributed by atoms with Gasteiger partial charge < -0.3 is 24.3 Å². The van der Waals surface area contributed by atoms with Gasteiger partial charge in [-0.25, -0.2) is 0 Å². The first-order valence-corrected chi connectivity index (χ1v) is 7.87. The molecule has 5 nitrogen and oxygen atoms in total. The van der Waals surface area contributed by atoms with Crippen molar-refractivity contribution in [1.82, 2.24) is 5.32 Å². The summed E-state index contributed by atoms with van der Waals surface area (Å²) in [5, 5.41) is 3.45. The van der Waals surface area contributed by atoms with Gasteiger partial charge in [0, 0.05) is 30.6 Å². The minimum atomic E-state index is 0.295. The Kier molecular flexibility index (Phi) is 3.94. The van der Waals surface area contributed by atoms with Gasteiger partial charge in [-0.2, -0.15) is 0 Å². The zero-order chi connectivity index (χ0) is 15.5. The van der Waals surface area contributed by atoms with Gasteiger partial charge in [0.25, 0.3) is 0 Å². The molecule has 0 fully saturated rings. The summed E-state index contributed by atoms with van der Waals surface area (Å²) in [6.07, 6.45) is 0.912. The van der Waals surface area contributed by atoms with Crippen LogP contribution in [0.25, 0.3) is 0 Å². The van der Waals surface area contributed by atoms with E-state index in [1.165, 1.54) is 0 Å². The predicted molar refractivity (Wildman–Crippen MR) is 85.2 cm³/mol. The Morgan fingerprint density at radius 2 is 1.39 bits per heavy atom. The quantitative estimate of drug-likeness (QED) is 0.940. The van der Waals surface area contributed by atoms with Gasteiger partial charge in [-0.1, -0.05) is 24.3 Å². The number of rotatable bonds is 4. The fraction of sp³-hybridized carbons (Fsp3) is 0.333. The van der Waals surface area contributed by atoms with Gasteiger partial charge in [-0.3, -0.25) is 0 Å². The second-order valence-corrected chi connectivity index (χ2v) is 5.55. The van der Waals surface area contributed by atoms with Gasteiger partial charge in [0.05, 0.1) is 13.2 Å². The standard InChI is InChI=1S/C18H19NO4/c1-4-13(17-15(6-1)20-8-3-9-21-17)10-19-11-14-5-2-7-16-18(14)23-12-22-16/h1-2,4-7,19H,3,8-12H2. The summed E-state index contributed by atoms with van der Waals surface area (Å²) in [4.78, 5) is 0. The van der Waals surface area contributed by atoms with Crippen LogP contribution < -0.4 is 24.3 Å². The van der Waals surface area contributed by atoms with Gasteiger partial charge in [0.1, 0.15) is 0 Å². The lowest BCUT2D eigenvalue weighted by Crippen LogP contribution is -2.14. The second kappa shape index (κ2) is 6.38. The molecule has 0 radical (unpaired) electrons. The lowest BCUT2D eigenvalue weighted by Gasteiger charge is -2.13. The smallest absolute Gasteiger partial charge is 0.231 e. The summed E-state index contributed by atoms with van der Waals surface area (Å²) >= 11 is 0. The molecular formula is C18H19NO4. The molecule has 0 saturated heterocycles. The van der Waals surface area contributed by atoms with Crippen molar-refractivity contribution in [3.63, 3.8) is 0 Å². The number of hydrogen-bond donors (Lipinski definition) is 1. The zero-order valence-corrected chi connectivity index (χ0v) is 12.8. The van der Waals surface area contributed by atoms with Crippen LogP contribution in [0.1, 0.15) is 17.5 Å². The van der Waals surface area contributed by atoms with Crippen molar-refractivity contribution in [2.45, 2.75) is 19.5 Å². The molecule has 23 heavy (non-hydrogen) atoms. The Balaban J connectivity index is 1.45. The molecule has 120 valence electrons. The summed E-state index contributed by atoms with van der Waals surface area (Å²) in [5.41, 5.74) is 2.20. The Hall–Kier alpha value is -2.40. The summed E-state index contributed by atoms with van der Waals surface area (Å²) < 4.78 is 22.5. The van der Waals surface area contributed by atoms with E-state index in [0.29, 0.717) is 33.1 Å². The van der Waals surface area contributed by atoms with Crippen LogP contribution in [0.4, 0.5) is 0 Å². The number of benzene rings is 2. The first-order chi connectivity index (χ1) is 11.4. The third-order valence-electron chi connectivity index (χ3n) is 3.96. The molecule has 4 rings (SSSR count). The van der Waals surface area contributed by atoms with Crippen molar-refractivity contribution in [1.29, 1.82) is 0 Å². The van der Waals surface area contributed by atoms with Crippen LogP contribution in [0, 0.1) is 0 Å². The summed E-state index contributed by atoms with van der Waals surface area (Å²) in [6.45, 7) is 3.11. The van der Waals surface area contributed by atoms with E-state index in [4.69, 9.17) is 18.9 Å². The lowest BCUT2D eigenvalue weighted by molar-refractivity contribution is 0.173. The first kappa shape index (κ1) is 14.2. The molecule has 0 bridgehead atoms. The van der Waals surface area contributed by atoms with E-state index in [1.807, 2.05) is 30.3 Å². The first-order valence-electron chi connectivity index (χ1n) is 7.87. The summed E-state index contributed by atoms with van der Waals surface area (Å²) in [6, 6.07) is 12.0. The minimum absolute atomic E-state index is 0.295. The fourth-order valence-electron chi connectivity index (χ4n) is 2.85. The van der Waals surface area contributed by atoms with Gasteiger partial charge in [-0.15, -0.1) is 0 Å². The third kappa shape index (κ3) is 2.92. The highest BCUT2D eigenvalue weighted by Gasteiger charge is 2.17. The highest BCUT2D eigenvalue weighted by molar-refractivity contribution is 5.49. The topological polar surface area (TPSA) is 49.0 Å². The molecular weight excluding hydrogens is 294 g/mol. The van der Waals surface area contributed by atoms with Crippen LogP contribution in [0.3, 0.4) is 0 Å². The van der Waals surface area contributed by atoms with Crippen LogP contribution in [-0.4, -0.2) is 20.0 Å². The highest BCUT2D eigenvalue weighted by atomic mass is 16.7. The maximum atomic E-state index is 5.85. The van der Waals surface area contributed by atoms with Gasteiger partial charge in [-0.05, 0) is 12.1 Å². The minimum Gasteiger partial charge on any atom is -0.490 e. The van der Waals surface area contributed by atoms with Crippen LogP contribution in [-0.2, 0) is 13.1 Å². The number of fused-ring (bicyclic) bond motifs is 2. The largest absolute Gasteiger partial charge is 0.490 e. The molecule has 2 heterocycles.